The molecule has 2 atom stereocenters. The van der Waals surface area contributed by atoms with Crippen LogP contribution in [0.3, 0.4) is 0 Å². The third-order valence-electron chi connectivity index (χ3n) is 6.32. The predicted octanol–water partition coefficient (Wildman–Crippen LogP) is 3.36. The maximum absolute atomic E-state index is 13.2. The Balaban J connectivity index is 2.21. The third-order valence-corrected chi connectivity index (χ3v) is 6.32. The maximum atomic E-state index is 13.2. The number of hydrogen-bond acceptors (Lipinski definition) is 8. The minimum Gasteiger partial charge on any atom is -0.497 e. The molecule has 2 aromatic carbocycles. The van der Waals surface area contributed by atoms with Gasteiger partial charge >= 0.3 is 11.9 Å². The molecule has 1 saturated carbocycles. The Bertz CT molecular complexity index is 986. The molecule has 1 aliphatic rings. The molecule has 170 valence electrons. The van der Waals surface area contributed by atoms with Crippen LogP contribution in [0.15, 0.2) is 48.5 Å². The zero-order valence-electron chi connectivity index (χ0n) is 18.3. The zero-order valence-corrected chi connectivity index (χ0v) is 18.3. The molecule has 2 unspecified atom stereocenters. The van der Waals surface area contributed by atoms with Crippen LogP contribution < -0.4 is 4.74 Å². The molecular formula is C23H25NO8. The van der Waals surface area contributed by atoms with E-state index in [2.05, 4.69) is 0 Å². The standard InChI is InChI=1S/C23H25NO8/c1-29-19-11-5-15(6-12-19)16-13-22(20(25)30-2,21(26)31-3)23(14-16,32-4)17-7-9-18(10-8-17)24(27)28/h5-12,16H,13-14H2,1-4H3. The maximum Gasteiger partial charge on any atom is 0.326 e. The highest BCUT2D eigenvalue weighted by atomic mass is 16.6. The Hall–Kier alpha value is -3.46. The number of carbonyl (C=O) groups excluding carboxylic acids is 2. The van der Waals surface area contributed by atoms with Gasteiger partial charge in [0.05, 0.1) is 26.3 Å². The molecule has 0 aliphatic heterocycles. The summed E-state index contributed by atoms with van der Waals surface area (Å²) in [6, 6.07) is 13.0. The Kier molecular flexibility index (Phi) is 6.50. The molecule has 32 heavy (non-hydrogen) atoms. The van der Waals surface area contributed by atoms with Crippen LogP contribution in [0.5, 0.6) is 5.75 Å². The average molecular weight is 443 g/mol. The van der Waals surface area contributed by atoms with Crippen molar-refractivity contribution in [3.63, 3.8) is 0 Å². The van der Waals surface area contributed by atoms with Gasteiger partial charge in [-0.2, -0.15) is 0 Å². The van der Waals surface area contributed by atoms with Crippen molar-refractivity contribution in [2.24, 2.45) is 5.41 Å². The van der Waals surface area contributed by atoms with Crippen molar-refractivity contribution < 1.29 is 33.5 Å². The molecule has 1 aliphatic carbocycles. The smallest absolute Gasteiger partial charge is 0.326 e. The van der Waals surface area contributed by atoms with Gasteiger partial charge in [-0.1, -0.05) is 12.1 Å². The van der Waals surface area contributed by atoms with Crippen molar-refractivity contribution in [1.29, 1.82) is 0 Å². The molecule has 9 nitrogen and oxygen atoms in total. The number of nitro benzene ring substituents is 1. The quantitative estimate of drug-likeness (QED) is 0.277. The molecule has 2 aromatic rings. The highest BCUT2D eigenvalue weighted by Gasteiger charge is 2.70. The van der Waals surface area contributed by atoms with E-state index in [1.165, 1.54) is 45.6 Å². The summed E-state index contributed by atoms with van der Waals surface area (Å²) in [5.74, 6) is -1.18. The monoisotopic (exact) mass is 443 g/mol. The van der Waals surface area contributed by atoms with Crippen LogP contribution in [-0.4, -0.2) is 45.3 Å². The van der Waals surface area contributed by atoms with Gasteiger partial charge in [0, 0.05) is 19.2 Å². The second-order valence-electron chi connectivity index (χ2n) is 7.60. The van der Waals surface area contributed by atoms with E-state index in [1.54, 1.807) is 19.2 Å². The number of ether oxygens (including phenoxy) is 4. The number of carbonyl (C=O) groups is 2. The molecular weight excluding hydrogens is 418 g/mol. The van der Waals surface area contributed by atoms with Crippen molar-refractivity contribution in [1.82, 2.24) is 0 Å². The Morgan fingerprint density at radius 2 is 1.47 bits per heavy atom. The van der Waals surface area contributed by atoms with Gasteiger partial charge < -0.3 is 18.9 Å². The van der Waals surface area contributed by atoms with Crippen molar-refractivity contribution in [2.75, 3.05) is 28.4 Å². The summed E-state index contributed by atoms with van der Waals surface area (Å²) in [6.07, 6.45) is 0.321. The van der Waals surface area contributed by atoms with E-state index in [4.69, 9.17) is 18.9 Å². The van der Waals surface area contributed by atoms with Crippen LogP contribution in [0, 0.1) is 15.5 Å². The Labute approximate surface area is 185 Å². The second-order valence-corrected chi connectivity index (χ2v) is 7.60. The summed E-state index contributed by atoms with van der Waals surface area (Å²) in [5.41, 5.74) is -2.08. The van der Waals surface area contributed by atoms with E-state index < -0.39 is 27.9 Å². The highest BCUT2D eigenvalue weighted by Crippen LogP contribution is 2.61. The van der Waals surface area contributed by atoms with Crippen LogP contribution in [-0.2, 0) is 29.4 Å². The lowest BCUT2D eigenvalue weighted by atomic mass is 9.70. The number of hydrogen-bond donors (Lipinski definition) is 0. The first-order valence-corrected chi connectivity index (χ1v) is 9.90. The van der Waals surface area contributed by atoms with Gasteiger partial charge in [0.2, 0.25) is 0 Å². The Morgan fingerprint density at radius 1 is 0.906 bits per heavy atom. The highest BCUT2D eigenvalue weighted by molar-refractivity contribution is 6.02. The van der Waals surface area contributed by atoms with Crippen molar-refractivity contribution in [2.45, 2.75) is 24.4 Å². The van der Waals surface area contributed by atoms with Crippen LogP contribution in [0.1, 0.15) is 29.9 Å². The van der Waals surface area contributed by atoms with Crippen LogP contribution >= 0.6 is 0 Å². The summed E-state index contributed by atoms with van der Waals surface area (Å²) in [5, 5.41) is 11.1. The lowest BCUT2D eigenvalue weighted by Gasteiger charge is -2.40. The van der Waals surface area contributed by atoms with E-state index in [0.29, 0.717) is 11.3 Å². The van der Waals surface area contributed by atoms with Gasteiger partial charge in [0.1, 0.15) is 11.4 Å². The molecule has 0 radical (unpaired) electrons. The fourth-order valence-corrected chi connectivity index (χ4v) is 4.76. The lowest BCUT2D eigenvalue weighted by molar-refractivity contribution is -0.384. The normalized spacial score (nSPS) is 21.6. The topological polar surface area (TPSA) is 114 Å². The molecule has 3 rings (SSSR count). The molecule has 0 aromatic heterocycles. The van der Waals surface area contributed by atoms with E-state index in [0.717, 1.165) is 5.56 Å². The van der Waals surface area contributed by atoms with Gasteiger partial charge in [-0.05, 0) is 54.2 Å². The summed E-state index contributed by atoms with van der Waals surface area (Å²) < 4.78 is 21.3. The number of rotatable bonds is 7. The molecule has 0 saturated heterocycles. The van der Waals surface area contributed by atoms with Gasteiger partial charge in [-0.15, -0.1) is 0 Å². The molecule has 0 N–H and O–H groups in total. The third kappa shape index (κ3) is 3.48. The van der Waals surface area contributed by atoms with Gasteiger partial charge in [0.15, 0.2) is 5.41 Å². The first-order valence-electron chi connectivity index (χ1n) is 9.90. The SMILES string of the molecule is COC(=O)C1(C(=O)OC)CC(c2ccc(OC)cc2)CC1(OC)c1ccc([N+](=O)[O-])cc1. The number of non-ortho nitro benzene ring substituents is 1. The minimum atomic E-state index is -1.81. The largest absolute Gasteiger partial charge is 0.497 e. The van der Waals surface area contributed by atoms with E-state index in [1.807, 2.05) is 12.1 Å². The van der Waals surface area contributed by atoms with E-state index in [-0.39, 0.29) is 24.4 Å². The molecule has 0 bridgehead atoms. The second kappa shape index (κ2) is 8.96. The van der Waals surface area contributed by atoms with Crippen LogP contribution in [0.2, 0.25) is 0 Å². The molecule has 9 heteroatoms. The number of benzene rings is 2. The lowest BCUT2D eigenvalue weighted by Crippen LogP contribution is -2.54. The number of nitro groups is 1. The van der Waals surface area contributed by atoms with Gasteiger partial charge in [-0.3, -0.25) is 19.7 Å². The number of esters is 2. The van der Waals surface area contributed by atoms with Crippen molar-refractivity contribution in [3.05, 3.63) is 69.8 Å². The summed E-state index contributed by atoms with van der Waals surface area (Å²) in [4.78, 5) is 37.0. The van der Waals surface area contributed by atoms with Gasteiger partial charge in [-0.25, -0.2) is 0 Å². The summed E-state index contributed by atoms with van der Waals surface area (Å²) in [6.45, 7) is 0. The Morgan fingerprint density at radius 3 is 1.91 bits per heavy atom. The number of nitrogens with zero attached hydrogens (tertiary/aromatic N) is 1. The number of methoxy groups -OCH3 is 4. The molecule has 1 fully saturated rings. The van der Waals surface area contributed by atoms with Gasteiger partial charge in [0.25, 0.3) is 5.69 Å². The van der Waals surface area contributed by atoms with Crippen LogP contribution in [0.4, 0.5) is 5.69 Å². The average Bonchev–Trinajstić information content (AvgIpc) is 3.20. The fourth-order valence-electron chi connectivity index (χ4n) is 4.76. The predicted molar refractivity (Wildman–Crippen MR) is 113 cm³/mol. The minimum absolute atomic E-state index is 0.0729. The van der Waals surface area contributed by atoms with Crippen LogP contribution in [0.25, 0.3) is 0 Å². The first-order chi connectivity index (χ1) is 15.3. The zero-order chi connectivity index (χ0) is 23.5. The van der Waals surface area contributed by atoms with E-state index in [9.17, 15) is 19.7 Å². The summed E-state index contributed by atoms with van der Waals surface area (Å²) in [7, 11) is 5.36. The summed E-state index contributed by atoms with van der Waals surface area (Å²) >= 11 is 0. The molecule has 0 spiro atoms. The first kappa shape index (κ1) is 23.2. The fraction of sp³-hybridized carbons (Fsp3) is 0.391. The van der Waals surface area contributed by atoms with Crippen molar-refractivity contribution >= 4 is 17.6 Å². The van der Waals surface area contributed by atoms with Crippen molar-refractivity contribution in [3.8, 4) is 5.75 Å². The molecule has 0 amide bonds. The molecule has 0 heterocycles. The van der Waals surface area contributed by atoms with E-state index >= 15 is 0 Å².